The SMILES string of the molecule is COc1cc(C(F)F)c(C(=O)O)nc1N. The van der Waals surface area contributed by atoms with E-state index in [1.807, 2.05) is 0 Å². The van der Waals surface area contributed by atoms with Crippen molar-refractivity contribution in [1.29, 1.82) is 0 Å². The smallest absolute Gasteiger partial charge is 0.355 e. The van der Waals surface area contributed by atoms with Crippen molar-refractivity contribution in [3.63, 3.8) is 0 Å². The zero-order valence-corrected chi connectivity index (χ0v) is 7.70. The molecule has 0 saturated heterocycles. The number of halogens is 2. The Morgan fingerprint density at radius 3 is 2.67 bits per heavy atom. The molecule has 0 bridgehead atoms. The normalized spacial score (nSPS) is 10.4. The summed E-state index contributed by atoms with van der Waals surface area (Å²) in [4.78, 5) is 13.9. The van der Waals surface area contributed by atoms with Crippen LogP contribution in [0.3, 0.4) is 0 Å². The summed E-state index contributed by atoms with van der Waals surface area (Å²) in [5.74, 6) is -1.87. The highest BCUT2D eigenvalue weighted by Crippen LogP contribution is 2.29. The Bertz CT molecular complexity index is 396. The van der Waals surface area contributed by atoms with Gasteiger partial charge in [-0.25, -0.2) is 18.6 Å². The zero-order valence-electron chi connectivity index (χ0n) is 7.70. The first-order valence-electron chi connectivity index (χ1n) is 3.83. The van der Waals surface area contributed by atoms with Crippen molar-refractivity contribution >= 4 is 11.8 Å². The maximum atomic E-state index is 12.4. The molecule has 1 heterocycles. The fourth-order valence-corrected chi connectivity index (χ4v) is 1.02. The number of anilines is 1. The molecule has 0 aliphatic rings. The number of aromatic carboxylic acids is 1. The maximum absolute atomic E-state index is 12.4. The molecule has 15 heavy (non-hydrogen) atoms. The molecule has 1 aromatic rings. The van der Waals surface area contributed by atoms with E-state index in [1.165, 1.54) is 7.11 Å². The molecule has 5 nitrogen and oxygen atoms in total. The quantitative estimate of drug-likeness (QED) is 0.798. The van der Waals surface area contributed by atoms with Crippen LogP contribution in [0.4, 0.5) is 14.6 Å². The molecule has 0 aliphatic carbocycles. The highest BCUT2D eigenvalue weighted by molar-refractivity contribution is 5.88. The van der Waals surface area contributed by atoms with Crippen LogP contribution in [-0.2, 0) is 0 Å². The number of methoxy groups -OCH3 is 1. The van der Waals surface area contributed by atoms with Crippen LogP contribution in [0.1, 0.15) is 22.5 Å². The number of ether oxygens (including phenoxy) is 1. The van der Waals surface area contributed by atoms with E-state index < -0.39 is 23.7 Å². The Labute approximate surface area is 83.5 Å². The van der Waals surface area contributed by atoms with E-state index in [1.54, 1.807) is 0 Å². The maximum Gasteiger partial charge on any atom is 0.355 e. The second kappa shape index (κ2) is 4.07. The van der Waals surface area contributed by atoms with Gasteiger partial charge in [0.05, 0.1) is 12.7 Å². The number of pyridine rings is 1. The van der Waals surface area contributed by atoms with Gasteiger partial charge in [0.2, 0.25) is 0 Å². The van der Waals surface area contributed by atoms with E-state index in [4.69, 9.17) is 10.8 Å². The molecular formula is C8H8F2N2O3. The second-order valence-electron chi connectivity index (χ2n) is 2.62. The van der Waals surface area contributed by atoms with Gasteiger partial charge >= 0.3 is 5.97 Å². The van der Waals surface area contributed by atoms with Crippen molar-refractivity contribution in [2.75, 3.05) is 12.8 Å². The third kappa shape index (κ3) is 2.12. The number of aromatic nitrogens is 1. The van der Waals surface area contributed by atoms with Gasteiger partial charge in [-0.15, -0.1) is 0 Å². The summed E-state index contributed by atoms with van der Waals surface area (Å²) in [5.41, 5.74) is 3.82. The average Bonchev–Trinajstić information content (AvgIpc) is 2.16. The Hall–Kier alpha value is -1.92. The average molecular weight is 218 g/mol. The van der Waals surface area contributed by atoms with E-state index in [2.05, 4.69) is 9.72 Å². The number of carboxylic acid groups (broad SMARTS) is 1. The van der Waals surface area contributed by atoms with E-state index in [-0.39, 0.29) is 11.6 Å². The van der Waals surface area contributed by atoms with Gasteiger partial charge in [0.1, 0.15) is 0 Å². The molecular weight excluding hydrogens is 210 g/mol. The third-order valence-electron chi connectivity index (χ3n) is 1.70. The number of rotatable bonds is 3. The standard InChI is InChI=1S/C8H8F2N2O3/c1-15-4-2-3(6(9)10)5(8(13)14)12-7(4)11/h2,6H,1H3,(H2,11,12)(H,13,14). The fraction of sp³-hybridized carbons (Fsp3) is 0.250. The van der Waals surface area contributed by atoms with Crippen LogP contribution in [0.5, 0.6) is 5.75 Å². The van der Waals surface area contributed by atoms with E-state index >= 15 is 0 Å². The molecule has 0 spiro atoms. The molecule has 1 rings (SSSR count). The Morgan fingerprint density at radius 1 is 1.67 bits per heavy atom. The van der Waals surface area contributed by atoms with Gasteiger partial charge < -0.3 is 15.6 Å². The minimum Gasteiger partial charge on any atom is -0.493 e. The Kier molecular flexibility index (Phi) is 3.03. The zero-order chi connectivity index (χ0) is 11.6. The van der Waals surface area contributed by atoms with Crippen LogP contribution < -0.4 is 10.5 Å². The van der Waals surface area contributed by atoms with Crippen molar-refractivity contribution in [3.05, 3.63) is 17.3 Å². The number of hydrogen-bond donors (Lipinski definition) is 2. The second-order valence-corrected chi connectivity index (χ2v) is 2.62. The monoisotopic (exact) mass is 218 g/mol. The van der Waals surface area contributed by atoms with Gasteiger partial charge in [-0.1, -0.05) is 0 Å². The van der Waals surface area contributed by atoms with Gasteiger partial charge in [-0.05, 0) is 6.07 Å². The van der Waals surface area contributed by atoms with Crippen LogP contribution in [0.2, 0.25) is 0 Å². The molecule has 0 amide bonds. The number of carbonyl (C=O) groups is 1. The van der Waals surface area contributed by atoms with Crippen molar-refractivity contribution in [2.45, 2.75) is 6.43 Å². The molecule has 82 valence electrons. The molecule has 0 saturated carbocycles. The predicted molar refractivity (Wildman–Crippen MR) is 47.1 cm³/mol. The van der Waals surface area contributed by atoms with Crippen LogP contribution in [0.25, 0.3) is 0 Å². The van der Waals surface area contributed by atoms with Crippen LogP contribution >= 0.6 is 0 Å². The largest absolute Gasteiger partial charge is 0.493 e. The highest BCUT2D eigenvalue weighted by Gasteiger charge is 2.22. The van der Waals surface area contributed by atoms with Gasteiger partial charge in [-0.2, -0.15) is 0 Å². The summed E-state index contributed by atoms with van der Waals surface area (Å²) in [5, 5.41) is 8.61. The molecule has 1 aromatic heterocycles. The Morgan fingerprint density at radius 2 is 2.27 bits per heavy atom. The summed E-state index contributed by atoms with van der Waals surface area (Å²) in [6, 6.07) is 0.871. The number of nitrogens with two attached hydrogens (primary N) is 1. The Balaban J connectivity index is 3.38. The lowest BCUT2D eigenvalue weighted by molar-refractivity contribution is 0.0677. The first-order chi connectivity index (χ1) is 6.97. The van der Waals surface area contributed by atoms with Crippen molar-refractivity contribution in [3.8, 4) is 5.75 Å². The van der Waals surface area contributed by atoms with Crippen molar-refractivity contribution in [2.24, 2.45) is 0 Å². The van der Waals surface area contributed by atoms with Gasteiger partial charge in [0, 0.05) is 0 Å². The molecule has 0 aliphatic heterocycles. The van der Waals surface area contributed by atoms with E-state index in [0.717, 1.165) is 6.07 Å². The van der Waals surface area contributed by atoms with E-state index in [9.17, 15) is 13.6 Å². The first-order valence-corrected chi connectivity index (χ1v) is 3.83. The van der Waals surface area contributed by atoms with Gasteiger partial charge in [0.25, 0.3) is 6.43 Å². The molecule has 0 radical (unpaired) electrons. The topological polar surface area (TPSA) is 85.4 Å². The number of alkyl halides is 2. The molecule has 0 fully saturated rings. The minimum absolute atomic E-state index is 0.0738. The summed E-state index contributed by atoms with van der Waals surface area (Å²) >= 11 is 0. The van der Waals surface area contributed by atoms with Crippen molar-refractivity contribution in [1.82, 2.24) is 4.98 Å². The van der Waals surface area contributed by atoms with Crippen molar-refractivity contribution < 1.29 is 23.4 Å². The number of nitrogen functional groups attached to an aromatic ring is 1. The van der Waals surface area contributed by atoms with Gasteiger partial charge in [-0.3, -0.25) is 0 Å². The van der Waals surface area contributed by atoms with Gasteiger partial charge in [0.15, 0.2) is 17.3 Å². The third-order valence-corrected chi connectivity index (χ3v) is 1.70. The predicted octanol–water partition coefficient (Wildman–Crippen LogP) is 1.31. The van der Waals surface area contributed by atoms with Crippen LogP contribution in [0, 0.1) is 0 Å². The lowest BCUT2D eigenvalue weighted by Crippen LogP contribution is -2.09. The minimum atomic E-state index is -2.95. The highest BCUT2D eigenvalue weighted by atomic mass is 19.3. The fourth-order valence-electron chi connectivity index (χ4n) is 1.02. The summed E-state index contributed by atoms with van der Waals surface area (Å²) in [6.07, 6.45) is -2.95. The number of nitrogens with zero attached hydrogens (tertiary/aromatic N) is 1. The van der Waals surface area contributed by atoms with Crippen LogP contribution in [-0.4, -0.2) is 23.2 Å². The summed E-state index contributed by atoms with van der Waals surface area (Å²) in [7, 11) is 1.23. The lowest BCUT2D eigenvalue weighted by Gasteiger charge is -2.09. The molecule has 3 N–H and O–H groups in total. The summed E-state index contributed by atoms with van der Waals surface area (Å²) < 4.78 is 29.5. The molecule has 0 unspecified atom stereocenters. The van der Waals surface area contributed by atoms with Crippen LogP contribution in [0.15, 0.2) is 6.07 Å². The lowest BCUT2D eigenvalue weighted by atomic mass is 10.2. The first kappa shape index (κ1) is 11.2. The summed E-state index contributed by atoms with van der Waals surface area (Å²) in [6.45, 7) is 0. The number of carboxylic acids is 1. The van der Waals surface area contributed by atoms with E-state index in [0.29, 0.717) is 0 Å². The number of hydrogen-bond acceptors (Lipinski definition) is 4. The molecule has 7 heteroatoms. The molecule has 0 atom stereocenters. The molecule has 0 aromatic carbocycles.